The van der Waals surface area contributed by atoms with Gasteiger partial charge in [0.15, 0.2) is 5.96 Å². The molecule has 2 N–H and O–H groups in total. The fourth-order valence-electron chi connectivity index (χ4n) is 2.04. The third-order valence-electron chi connectivity index (χ3n) is 3.60. The van der Waals surface area contributed by atoms with Crippen LogP contribution >= 0.6 is 35.3 Å². The highest BCUT2D eigenvalue weighted by Gasteiger charge is 2.33. The Morgan fingerprint density at radius 2 is 2.20 bits per heavy atom. The Morgan fingerprint density at radius 3 is 2.70 bits per heavy atom. The van der Waals surface area contributed by atoms with Gasteiger partial charge in [0.05, 0.1) is 6.54 Å². The van der Waals surface area contributed by atoms with Gasteiger partial charge < -0.3 is 10.6 Å². The van der Waals surface area contributed by atoms with Crippen LogP contribution in [0.2, 0.25) is 0 Å². The molecule has 1 aliphatic carbocycles. The van der Waals surface area contributed by atoms with Crippen molar-refractivity contribution in [2.45, 2.75) is 45.6 Å². The Hall–Kier alpha value is -0.300. The molecular weight excluding hydrogens is 381 g/mol. The maximum absolute atomic E-state index is 4.76. The van der Waals surface area contributed by atoms with Gasteiger partial charge in [-0.2, -0.15) is 0 Å². The fourth-order valence-corrected chi connectivity index (χ4v) is 2.88. The van der Waals surface area contributed by atoms with E-state index < -0.39 is 0 Å². The summed E-state index contributed by atoms with van der Waals surface area (Å²) >= 11 is 1.81. The van der Waals surface area contributed by atoms with E-state index in [9.17, 15) is 0 Å². The number of thiophene rings is 1. The van der Waals surface area contributed by atoms with Gasteiger partial charge in [0.2, 0.25) is 0 Å². The maximum Gasteiger partial charge on any atom is 0.191 e. The van der Waals surface area contributed by atoms with E-state index in [2.05, 4.69) is 55.8 Å². The minimum atomic E-state index is 0. The van der Waals surface area contributed by atoms with E-state index in [0.717, 1.165) is 25.0 Å². The van der Waals surface area contributed by atoms with Crippen molar-refractivity contribution < 1.29 is 0 Å². The molecule has 0 spiro atoms. The van der Waals surface area contributed by atoms with Crippen LogP contribution in [0.25, 0.3) is 0 Å². The van der Waals surface area contributed by atoms with Crippen molar-refractivity contribution >= 4 is 41.3 Å². The first-order valence-corrected chi connectivity index (χ1v) is 7.99. The second kappa shape index (κ2) is 7.64. The van der Waals surface area contributed by atoms with Crippen LogP contribution in [0.4, 0.5) is 0 Å². The van der Waals surface area contributed by atoms with E-state index in [1.54, 1.807) is 0 Å². The zero-order chi connectivity index (χ0) is 13.9. The van der Waals surface area contributed by atoms with Crippen LogP contribution in [0.5, 0.6) is 0 Å². The van der Waals surface area contributed by atoms with Crippen LogP contribution < -0.4 is 10.6 Å². The van der Waals surface area contributed by atoms with Gasteiger partial charge in [0.1, 0.15) is 0 Å². The zero-order valence-electron chi connectivity index (χ0n) is 12.8. The average molecular weight is 407 g/mol. The molecule has 1 fully saturated rings. The highest BCUT2D eigenvalue weighted by molar-refractivity contribution is 14.0. The molecule has 1 heterocycles. The Labute approximate surface area is 143 Å². The van der Waals surface area contributed by atoms with E-state index in [1.807, 2.05) is 11.3 Å². The fraction of sp³-hybridized carbons (Fsp3) is 0.667. The van der Waals surface area contributed by atoms with Gasteiger partial charge in [0, 0.05) is 22.9 Å². The molecular formula is C15H26IN3S. The molecule has 0 radical (unpaired) electrons. The van der Waals surface area contributed by atoms with Crippen molar-refractivity contribution in [1.82, 2.24) is 10.6 Å². The molecule has 2 unspecified atom stereocenters. The first-order valence-electron chi connectivity index (χ1n) is 7.12. The van der Waals surface area contributed by atoms with E-state index in [4.69, 9.17) is 4.99 Å². The highest BCUT2D eigenvalue weighted by atomic mass is 127. The smallest absolute Gasteiger partial charge is 0.191 e. The molecule has 0 amide bonds. The van der Waals surface area contributed by atoms with E-state index in [1.165, 1.54) is 11.3 Å². The van der Waals surface area contributed by atoms with Crippen molar-refractivity contribution in [3.05, 3.63) is 22.4 Å². The predicted molar refractivity (Wildman–Crippen MR) is 99.4 cm³/mol. The lowest BCUT2D eigenvalue weighted by molar-refractivity contribution is 0.548. The topological polar surface area (TPSA) is 36.4 Å². The first kappa shape index (κ1) is 17.8. The standard InChI is InChI=1S/C15H25N3S.HI/c1-5-16-14(18-12-9-11(12)2)17-10-15(3,4)13-7-6-8-19-13;/h6-8,11-12H,5,9-10H2,1-4H3,(H2,16,17,18);1H. The summed E-state index contributed by atoms with van der Waals surface area (Å²) in [5.41, 5.74) is 0.103. The van der Waals surface area contributed by atoms with Gasteiger partial charge in [-0.3, -0.25) is 4.99 Å². The third-order valence-corrected chi connectivity index (χ3v) is 4.83. The van der Waals surface area contributed by atoms with Gasteiger partial charge in [-0.25, -0.2) is 0 Å². The molecule has 0 bridgehead atoms. The van der Waals surface area contributed by atoms with Crippen LogP contribution in [-0.2, 0) is 5.41 Å². The quantitative estimate of drug-likeness (QED) is 0.445. The SMILES string of the molecule is CCNC(=NCC(C)(C)c1cccs1)NC1CC1C.I. The number of rotatable bonds is 5. The summed E-state index contributed by atoms with van der Waals surface area (Å²) in [6.45, 7) is 10.6. The van der Waals surface area contributed by atoms with Gasteiger partial charge in [0.25, 0.3) is 0 Å². The maximum atomic E-state index is 4.76. The van der Waals surface area contributed by atoms with Crippen LogP contribution in [0.3, 0.4) is 0 Å². The monoisotopic (exact) mass is 407 g/mol. The van der Waals surface area contributed by atoms with Crippen molar-refractivity contribution in [2.24, 2.45) is 10.9 Å². The molecule has 1 saturated carbocycles. The van der Waals surface area contributed by atoms with E-state index in [-0.39, 0.29) is 29.4 Å². The highest BCUT2D eigenvalue weighted by Crippen LogP contribution is 2.29. The number of halogens is 1. The molecule has 3 nitrogen and oxygen atoms in total. The minimum Gasteiger partial charge on any atom is -0.357 e. The Kier molecular flexibility index (Phi) is 6.78. The zero-order valence-corrected chi connectivity index (χ0v) is 15.9. The second-order valence-electron chi connectivity index (χ2n) is 6.02. The van der Waals surface area contributed by atoms with Crippen LogP contribution in [-0.4, -0.2) is 25.1 Å². The largest absolute Gasteiger partial charge is 0.357 e. The van der Waals surface area contributed by atoms with Crippen LogP contribution in [0.15, 0.2) is 22.5 Å². The molecule has 114 valence electrons. The van der Waals surface area contributed by atoms with Crippen LogP contribution in [0.1, 0.15) is 39.0 Å². The number of nitrogens with one attached hydrogen (secondary N) is 2. The lowest BCUT2D eigenvalue weighted by Gasteiger charge is -2.21. The Morgan fingerprint density at radius 1 is 1.50 bits per heavy atom. The molecule has 20 heavy (non-hydrogen) atoms. The molecule has 1 aromatic heterocycles. The minimum absolute atomic E-state index is 0. The van der Waals surface area contributed by atoms with Crippen molar-refractivity contribution in [3.8, 4) is 0 Å². The average Bonchev–Trinajstić information content (AvgIpc) is 2.86. The first-order chi connectivity index (χ1) is 9.03. The Balaban J connectivity index is 0.00000200. The third kappa shape index (κ3) is 4.91. The molecule has 1 aliphatic rings. The molecule has 0 aliphatic heterocycles. The summed E-state index contributed by atoms with van der Waals surface area (Å²) in [6.07, 6.45) is 1.26. The van der Waals surface area contributed by atoms with Crippen molar-refractivity contribution in [2.75, 3.05) is 13.1 Å². The van der Waals surface area contributed by atoms with E-state index in [0.29, 0.717) is 6.04 Å². The molecule has 1 aromatic rings. The van der Waals surface area contributed by atoms with E-state index >= 15 is 0 Å². The summed E-state index contributed by atoms with van der Waals surface area (Å²) in [5, 5.41) is 8.97. The number of guanidine groups is 1. The molecule has 5 heteroatoms. The summed E-state index contributed by atoms with van der Waals surface area (Å²) in [6, 6.07) is 4.92. The van der Waals surface area contributed by atoms with Crippen LogP contribution in [0, 0.1) is 5.92 Å². The van der Waals surface area contributed by atoms with Crippen molar-refractivity contribution in [3.63, 3.8) is 0 Å². The van der Waals surface area contributed by atoms with Gasteiger partial charge in [-0.1, -0.05) is 26.8 Å². The summed E-state index contributed by atoms with van der Waals surface area (Å²) in [4.78, 5) is 6.15. The number of hydrogen-bond donors (Lipinski definition) is 2. The lowest BCUT2D eigenvalue weighted by atomic mass is 9.92. The molecule has 2 atom stereocenters. The summed E-state index contributed by atoms with van der Waals surface area (Å²) < 4.78 is 0. The molecule has 2 rings (SSSR count). The normalized spacial score (nSPS) is 22.1. The number of hydrogen-bond acceptors (Lipinski definition) is 2. The summed E-state index contributed by atoms with van der Waals surface area (Å²) in [7, 11) is 0. The Bertz CT molecular complexity index is 428. The van der Waals surface area contributed by atoms with Gasteiger partial charge in [-0.05, 0) is 30.7 Å². The van der Waals surface area contributed by atoms with Crippen molar-refractivity contribution in [1.29, 1.82) is 0 Å². The molecule has 0 aromatic carbocycles. The predicted octanol–water partition coefficient (Wildman–Crippen LogP) is 3.61. The van der Waals surface area contributed by atoms with Gasteiger partial charge in [-0.15, -0.1) is 35.3 Å². The number of nitrogens with zero attached hydrogens (tertiary/aromatic N) is 1. The summed E-state index contributed by atoms with van der Waals surface area (Å²) in [5.74, 6) is 1.75. The lowest BCUT2D eigenvalue weighted by Crippen LogP contribution is -2.40. The number of aliphatic imine (C=N–C) groups is 1. The second-order valence-corrected chi connectivity index (χ2v) is 6.97. The molecule has 0 saturated heterocycles. The van der Waals surface area contributed by atoms with Gasteiger partial charge >= 0.3 is 0 Å².